The third-order valence-electron chi connectivity index (χ3n) is 1.01. The number of carbonyl (C=O) groups is 1. The third kappa shape index (κ3) is 8.72. The molecule has 1 amide bonds. The molecule has 0 aliphatic carbocycles. The number of hydrogen-bond donors (Lipinski definition) is 1. The molecule has 0 saturated heterocycles. The number of rotatable bonds is 4. The van der Waals surface area contributed by atoms with Crippen LogP contribution in [-0.4, -0.2) is 24.8 Å². The van der Waals surface area contributed by atoms with E-state index in [4.69, 9.17) is 9.47 Å². The smallest absolute Gasteiger partial charge is 0.407 e. The summed E-state index contributed by atoms with van der Waals surface area (Å²) in [7, 11) is 0. The number of ether oxygens (including phenoxy) is 2. The molecule has 0 heterocycles. The fraction of sp³-hybridized carbons (Fsp3) is 0.667. The minimum Gasteiger partial charge on any atom is -0.500 e. The largest absolute Gasteiger partial charge is 0.500 e. The van der Waals surface area contributed by atoms with E-state index in [1.165, 1.54) is 6.26 Å². The Bertz CT molecular complexity index is 172. The zero-order chi connectivity index (χ0) is 10.3. The van der Waals surface area contributed by atoms with Crippen molar-refractivity contribution >= 4 is 6.09 Å². The first-order valence-electron chi connectivity index (χ1n) is 4.15. The van der Waals surface area contributed by atoms with Crippen LogP contribution < -0.4 is 5.32 Å². The number of nitrogens with one attached hydrogen (secondary N) is 1. The first kappa shape index (κ1) is 11.8. The van der Waals surface area contributed by atoms with Crippen LogP contribution in [0.4, 0.5) is 4.79 Å². The minimum atomic E-state index is -0.455. The van der Waals surface area contributed by atoms with Gasteiger partial charge in [-0.2, -0.15) is 0 Å². The molecule has 0 aromatic rings. The molecule has 0 atom stereocenters. The molecule has 0 bridgehead atoms. The lowest BCUT2D eigenvalue weighted by Crippen LogP contribution is -2.34. The molecule has 0 rings (SSSR count). The van der Waals surface area contributed by atoms with Gasteiger partial charge in [-0.1, -0.05) is 6.58 Å². The summed E-state index contributed by atoms with van der Waals surface area (Å²) in [6.45, 7) is 9.63. The first-order chi connectivity index (χ1) is 5.95. The Morgan fingerprint density at radius 1 is 1.54 bits per heavy atom. The molecule has 1 N–H and O–H groups in total. The maximum Gasteiger partial charge on any atom is 0.407 e. The molecule has 0 aromatic carbocycles. The van der Waals surface area contributed by atoms with Crippen molar-refractivity contribution in [1.82, 2.24) is 5.32 Å². The van der Waals surface area contributed by atoms with Gasteiger partial charge in [0, 0.05) is 0 Å². The summed E-state index contributed by atoms with van der Waals surface area (Å²) >= 11 is 0. The van der Waals surface area contributed by atoms with Gasteiger partial charge in [-0.15, -0.1) is 0 Å². The Hall–Kier alpha value is -1.19. The zero-order valence-corrected chi connectivity index (χ0v) is 8.42. The van der Waals surface area contributed by atoms with Crippen molar-refractivity contribution in [1.29, 1.82) is 0 Å². The van der Waals surface area contributed by atoms with Gasteiger partial charge in [0.05, 0.1) is 12.8 Å². The van der Waals surface area contributed by atoms with E-state index in [9.17, 15) is 4.79 Å². The molecule has 4 heteroatoms. The molecule has 0 spiro atoms. The van der Waals surface area contributed by atoms with Crippen LogP contribution in [0, 0.1) is 0 Å². The molecule has 0 aliphatic heterocycles. The second-order valence-electron chi connectivity index (χ2n) is 3.47. The predicted octanol–water partition coefficient (Wildman–Crippen LogP) is 1.67. The Balaban J connectivity index is 3.47. The zero-order valence-electron chi connectivity index (χ0n) is 8.42. The molecule has 76 valence electrons. The van der Waals surface area contributed by atoms with E-state index < -0.39 is 11.7 Å². The van der Waals surface area contributed by atoms with Gasteiger partial charge in [0.2, 0.25) is 0 Å². The van der Waals surface area contributed by atoms with E-state index in [1.54, 1.807) is 0 Å². The van der Waals surface area contributed by atoms with Crippen LogP contribution in [0.3, 0.4) is 0 Å². The molecular weight excluding hydrogens is 170 g/mol. The van der Waals surface area contributed by atoms with Crippen molar-refractivity contribution in [3.63, 3.8) is 0 Å². The Kier molecular flexibility index (Phi) is 4.96. The Morgan fingerprint density at radius 3 is 2.62 bits per heavy atom. The summed E-state index contributed by atoms with van der Waals surface area (Å²) in [5, 5.41) is 2.54. The van der Waals surface area contributed by atoms with E-state index in [2.05, 4.69) is 11.9 Å². The molecule has 4 nitrogen and oxygen atoms in total. The van der Waals surface area contributed by atoms with Gasteiger partial charge >= 0.3 is 6.09 Å². The Morgan fingerprint density at radius 2 is 2.15 bits per heavy atom. The van der Waals surface area contributed by atoms with E-state index in [0.29, 0.717) is 13.2 Å². The molecule has 0 fully saturated rings. The normalized spacial score (nSPS) is 10.4. The standard InChI is InChI=1S/C9H17NO3/c1-5-12-7-6-10-8(11)13-9(2,3)4/h5H,1,6-7H2,2-4H3,(H,10,11). The molecule has 0 radical (unpaired) electrons. The quantitative estimate of drug-likeness (QED) is 0.538. The molecule has 0 aromatic heterocycles. The lowest BCUT2D eigenvalue weighted by atomic mass is 10.2. The van der Waals surface area contributed by atoms with Crippen molar-refractivity contribution in [2.75, 3.05) is 13.2 Å². The molecule has 0 aliphatic rings. The SMILES string of the molecule is C=COCCNC(=O)OC(C)(C)C. The maximum atomic E-state index is 11.0. The highest BCUT2D eigenvalue weighted by Gasteiger charge is 2.15. The van der Waals surface area contributed by atoms with Gasteiger partial charge in [-0.25, -0.2) is 4.79 Å². The van der Waals surface area contributed by atoms with Gasteiger partial charge in [-0.05, 0) is 20.8 Å². The highest BCUT2D eigenvalue weighted by atomic mass is 16.6. The fourth-order valence-corrected chi connectivity index (χ4v) is 0.610. The minimum absolute atomic E-state index is 0.405. The summed E-state index contributed by atoms with van der Waals surface area (Å²) in [5.74, 6) is 0. The van der Waals surface area contributed by atoms with Crippen LogP contribution in [0.25, 0.3) is 0 Å². The maximum absolute atomic E-state index is 11.0. The van der Waals surface area contributed by atoms with Crippen LogP contribution in [-0.2, 0) is 9.47 Å². The van der Waals surface area contributed by atoms with Crippen molar-refractivity contribution in [3.05, 3.63) is 12.8 Å². The fourth-order valence-electron chi connectivity index (χ4n) is 0.610. The van der Waals surface area contributed by atoms with Gasteiger partial charge < -0.3 is 14.8 Å². The number of carbonyl (C=O) groups excluding carboxylic acids is 1. The van der Waals surface area contributed by atoms with E-state index in [-0.39, 0.29) is 0 Å². The molecule has 0 saturated carbocycles. The monoisotopic (exact) mass is 187 g/mol. The van der Waals surface area contributed by atoms with Crippen molar-refractivity contribution in [3.8, 4) is 0 Å². The van der Waals surface area contributed by atoms with E-state index >= 15 is 0 Å². The number of hydrogen-bond acceptors (Lipinski definition) is 3. The van der Waals surface area contributed by atoms with Crippen LogP contribution >= 0.6 is 0 Å². The Labute approximate surface area is 78.9 Å². The summed E-state index contributed by atoms with van der Waals surface area (Å²) in [4.78, 5) is 11.0. The number of amides is 1. The van der Waals surface area contributed by atoms with Crippen LogP contribution in [0.15, 0.2) is 12.8 Å². The highest BCUT2D eigenvalue weighted by molar-refractivity contribution is 5.67. The molecule has 0 unspecified atom stereocenters. The second kappa shape index (κ2) is 5.45. The summed E-state index contributed by atoms with van der Waals surface area (Å²) in [5.41, 5.74) is -0.455. The van der Waals surface area contributed by atoms with Gasteiger partial charge in [0.25, 0.3) is 0 Å². The average Bonchev–Trinajstić information content (AvgIpc) is 1.94. The van der Waals surface area contributed by atoms with E-state index in [0.717, 1.165) is 0 Å². The van der Waals surface area contributed by atoms with E-state index in [1.807, 2.05) is 20.8 Å². The lowest BCUT2D eigenvalue weighted by Gasteiger charge is -2.19. The van der Waals surface area contributed by atoms with Crippen LogP contribution in [0.2, 0.25) is 0 Å². The highest BCUT2D eigenvalue weighted by Crippen LogP contribution is 2.05. The molecule has 13 heavy (non-hydrogen) atoms. The average molecular weight is 187 g/mol. The van der Waals surface area contributed by atoms with Crippen LogP contribution in [0.1, 0.15) is 20.8 Å². The summed E-state index contributed by atoms with van der Waals surface area (Å²) < 4.78 is 9.79. The lowest BCUT2D eigenvalue weighted by molar-refractivity contribution is 0.0516. The summed E-state index contributed by atoms with van der Waals surface area (Å²) in [6, 6.07) is 0. The number of alkyl carbamates (subject to hydrolysis) is 1. The van der Waals surface area contributed by atoms with Gasteiger partial charge in [0.1, 0.15) is 12.2 Å². The first-order valence-corrected chi connectivity index (χ1v) is 4.15. The predicted molar refractivity (Wildman–Crippen MR) is 50.4 cm³/mol. The van der Waals surface area contributed by atoms with Gasteiger partial charge in [0.15, 0.2) is 0 Å². The van der Waals surface area contributed by atoms with Crippen molar-refractivity contribution in [2.24, 2.45) is 0 Å². The van der Waals surface area contributed by atoms with Crippen molar-refractivity contribution < 1.29 is 14.3 Å². The molecular formula is C9H17NO3. The third-order valence-corrected chi connectivity index (χ3v) is 1.01. The topological polar surface area (TPSA) is 47.6 Å². The summed E-state index contributed by atoms with van der Waals surface area (Å²) in [6.07, 6.45) is 0.900. The van der Waals surface area contributed by atoms with Gasteiger partial charge in [-0.3, -0.25) is 0 Å². The van der Waals surface area contributed by atoms with Crippen molar-refractivity contribution in [2.45, 2.75) is 26.4 Å². The second-order valence-corrected chi connectivity index (χ2v) is 3.47. The van der Waals surface area contributed by atoms with Crippen LogP contribution in [0.5, 0.6) is 0 Å².